The Morgan fingerprint density at radius 2 is 2.18 bits per heavy atom. The lowest BCUT2D eigenvalue weighted by Gasteiger charge is -2.22. The van der Waals surface area contributed by atoms with E-state index in [-0.39, 0.29) is 0 Å². The molecule has 3 heteroatoms. The number of carbonyl (C=O) groups is 1. The van der Waals surface area contributed by atoms with Crippen LogP contribution in [-0.4, -0.2) is 23.9 Å². The van der Waals surface area contributed by atoms with Crippen LogP contribution >= 0.6 is 0 Å². The maximum Gasteiger partial charge on any atom is 0.222 e. The van der Waals surface area contributed by atoms with Gasteiger partial charge in [-0.25, -0.2) is 0 Å². The molecule has 1 heterocycles. The monoisotopic (exact) mass is 232 g/mol. The Morgan fingerprint density at radius 1 is 1.29 bits per heavy atom. The Hall–Kier alpha value is -1.51. The van der Waals surface area contributed by atoms with Gasteiger partial charge in [-0.1, -0.05) is 24.6 Å². The van der Waals surface area contributed by atoms with E-state index in [0.717, 1.165) is 37.9 Å². The molecule has 17 heavy (non-hydrogen) atoms. The van der Waals surface area contributed by atoms with Crippen LogP contribution in [0.15, 0.2) is 35.6 Å². The van der Waals surface area contributed by atoms with Crippen LogP contribution in [0.4, 0.5) is 0 Å². The summed E-state index contributed by atoms with van der Waals surface area (Å²) in [6, 6.07) is 0. The normalized spacial score (nSPS) is 23.8. The minimum absolute atomic E-state index is 0.303. The molecule has 0 radical (unpaired) electrons. The second-order valence-electron chi connectivity index (χ2n) is 4.68. The van der Waals surface area contributed by atoms with E-state index >= 15 is 0 Å². The van der Waals surface area contributed by atoms with Gasteiger partial charge in [0.2, 0.25) is 5.91 Å². The molecule has 92 valence electrons. The average Bonchev–Trinajstić information content (AvgIpc) is 2.56. The topological polar surface area (TPSA) is 46.3 Å². The lowest BCUT2D eigenvalue weighted by molar-refractivity contribution is -0.130. The number of hydrogen-bond donors (Lipinski definition) is 1. The summed E-state index contributed by atoms with van der Waals surface area (Å²) in [7, 11) is 0. The first kappa shape index (κ1) is 12.0. The van der Waals surface area contributed by atoms with Crippen molar-refractivity contribution in [2.45, 2.75) is 32.1 Å². The molecule has 1 aliphatic heterocycles. The van der Waals surface area contributed by atoms with E-state index in [4.69, 9.17) is 5.73 Å². The van der Waals surface area contributed by atoms with E-state index in [1.807, 2.05) is 11.0 Å². The lowest BCUT2D eigenvalue weighted by atomic mass is 10.0. The second kappa shape index (κ2) is 5.71. The first-order chi connectivity index (χ1) is 8.29. The number of allylic oxidation sites excluding steroid dienone is 3. The van der Waals surface area contributed by atoms with Crippen molar-refractivity contribution in [3.63, 3.8) is 0 Å². The molecule has 0 bridgehead atoms. The number of nitrogens with zero attached hydrogens (tertiary/aromatic N) is 1. The fraction of sp³-hybridized carbons (Fsp3) is 0.500. The van der Waals surface area contributed by atoms with Crippen LogP contribution < -0.4 is 5.73 Å². The van der Waals surface area contributed by atoms with Crippen molar-refractivity contribution < 1.29 is 4.79 Å². The maximum atomic E-state index is 11.9. The molecule has 1 aliphatic carbocycles. The van der Waals surface area contributed by atoms with Crippen molar-refractivity contribution in [2.24, 2.45) is 5.73 Å². The number of amides is 1. The molecule has 1 saturated heterocycles. The van der Waals surface area contributed by atoms with Crippen LogP contribution in [-0.2, 0) is 4.79 Å². The van der Waals surface area contributed by atoms with Crippen molar-refractivity contribution in [1.29, 1.82) is 0 Å². The summed E-state index contributed by atoms with van der Waals surface area (Å²) in [6.07, 6.45) is 12.9. The van der Waals surface area contributed by atoms with E-state index in [1.165, 1.54) is 12.0 Å². The summed E-state index contributed by atoms with van der Waals surface area (Å²) < 4.78 is 0. The molecule has 0 atom stereocenters. The summed E-state index contributed by atoms with van der Waals surface area (Å²) in [5, 5.41) is 0. The van der Waals surface area contributed by atoms with E-state index < -0.39 is 0 Å². The van der Waals surface area contributed by atoms with E-state index in [2.05, 4.69) is 12.2 Å². The molecule has 2 rings (SSSR count). The largest absolute Gasteiger partial charge is 0.404 e. The van der Waals surface area contributed by atoms with Gasteiger partial charge in [0.25, 0.3) is 0 Å². The second-order valence-corrected chi connectivity index (χ2v) is 4.68. The summed E-state index contributed by atoms with van der Waals surface area (Å²) in [6.45, 7) is 1.66. The zero-order valence-corrected chi connectivity index (χ0v) is 10.2. The van der Waals surface area contributed by atoms with Crippen molar-refractivity contribution in [2.75, 3.05) is 13.1 Å². The van der Waals surface area contributed by atoms with E-state index in [0.29, 0.717) is 12.3 Å². The fourth-order valence-corrected chi connectivity index (χ4v) is 2.27. The van der Waals surface area contributed by atoms with Crippen LogP contribution in [0.5, 0.6) is 0 Å². The van der Waals surface area contributed by atoms with Gasteiger partial charge in [-0.3, -0.25) is 4.79 Å². The summed E-state index contributed by atoms with van der Waals surface area (Å²) in [4.78, 5) is 13.8. The minimum atomic E-state index is 0.303. The third-order valence-corrected chi connectivity index (χ3v) is 3.37. The zero-order valence-electron chi connectivity index (χ0n) is 10.2. The molecule has 0 aromatic heterocycles. The number of likely N-dealkylation sites (tertiary alicyclic amines) is 1. The number of rotatable bonds is 2. The van der Waals surface area contributed by atoms with Crippen LogP contribution in [0.25, 0.3) is 0 Å². The first-order valence-corrected chi connectivity index (χ1v) is 6.35. The van der Waals surface area contributed by atoms with Gasteiger partial charge in [-0.2, -0.15) is 0 Å². The molecule has 2 aliphatic rings. The van der Waals surface area contributed by atoms with Gasteiger partial charge in [-0.15, -0.1) is 0 Å². The summed E-state index contributed by atoms with van der Waals surface area (Å²) in [5.41, 5.74) is 7.83. The van der Waals surface area contributed by atoms with Crippen LogP contribution in [0.1, 0.15) is 32.1 Å². The molecule has 0 unspecified atom stereocenters. The van der Waals surface area contributed by atoms with Gasteiger partial charge in [-0.05, 0) is 36.6 Å². The summed E-state index contributed by atoms with van der Waals surface area (Å²) in [5.74, 6) is 0.303. The molecular formula is C14H20N2O. The molecule has 1 amide bonds. The smallest absolute Gasteiger partial charge is 0.222 e. The van der Waals surface area contributed by atoms with Gasteiger partial charge < -0.3 is 10.6 Å². The molecule has 1 fully saturated rings. The molecule has 2 N–H and O–H groups in total. The SMILES string of the molecule is NC=C1C=CC(CN2CCCCCC2=O)=CC1. The Morgan fingerprint density at radius 3 is 2.88 bits per heavy atom. The standard InChI is InChI=1S/C14H20N2O/c15-10-12-5-7-13(8-6-12)11-16-9-3-1-2-4-14(16)17/h5,7-8,10H,1-4,6,9,11,15H2. The summed E-state index contributed by atoms with van der Waals surface area (Å²) >= 11 is 0. The molecule has 0 saturated carbocycles. The van der Waals surface area contributed by atoms with Gasteiger partial charge in [0.1, 0.15) is 0 Å². The highest BCUT2D eigenvalue weighted by Crippen LogP contribution is 2.18. The predicted molar refractivity (Wildman–Crippen MR) is 69.2 cm³/mol. The van der Waals surface area contributed by atoms with Crippen molar-refractivity contribution in [1.82, 2.24) is 4.90 Å². The molecule has 0 spiro atoms. The van der Waals surface area contributed by atoms with Gasteiger partial charge in [0, 0.05) is 19.5 Å². The van der Waals surface area contributed by atoms with Crippen molar-refractivity contribution in [3.05, 3.63) is 35.6 Å². The van der Waals surface area contributed by atoms with Crippen LogP contribution in [0.3, 0.4) is 0 Å². The molecule has 0 aromatic carbocycles. The number of nitrogens with two attached hydrogens (primary N) is 1. The Labute approximate surface area is 103 Å². The Kier molecular flexibility index (Phi) is 4.02. The third-order valence-electron chi connectivity index (χ3n) is 3.37. The highest BCUT2D eigenvalue weighted by molar-refractivity contribution is 5.76. The number of carbonyl (C=O) groups excluding carboxylic acids is 1. The van der Waals surface area contributed by atoms with Gasteiger partial charge in [0.05, 0.1) is 0 Å². The highest BCUT2D eigenvalue weighted by Gasteiger charge is 2.17. The first-order valence-electron chi connectivity index (χ1n) is 6.35. The van der Waals surface area contributed by atoms with E-state index in [1.54, 1.807) is 6.20 Å². The molecular weight excluding hydrogens is 212 g/mol. The minimum Gasteiger partial charge on any atom is -0.404 e. The maximum absolute atomic E-state index is 11.9. The van der Waals surface area contributed by atoms with Crippen molar-refractivity contribution in [3.8, 4) is 0 Å². The third kappa shape index (κ3) is 3.22. The quantitative estimate of drug-likeness (QED) is 0.792. The Bertz CT molecular complexity index is 380. The number of hydrogen-bond acceptors (Lipinski definition) is 2. The van der Waals surface area contributed by atoms with Crippen LogP contribution in [0, 0.1) is 0 Å². The lowest BCUT2D eigenvalue weighted by Crippen LogP contribution is -2.32. The predicted octanol–water partition coefficient (Wildman–Crippen LogP) is 2.12. The zero-order chi connectivity index (χ0) is 12.1. The van der Waals surface area contributed by atoms with Gasteiger partial charge >= 0.3 is 0 Å². The average molecular weight is 232 g/mol. The van der Waals surface area contributed by atoms with Gasteiger partial charge in [0.15, 0.2) is 0 Å². The van der Waals surface area contributed by atoms with Crippen molar-refractivity contribution >= 4 is 5.91 Å². The molecule has 0 aromatic rings. The Balaban J connectivity index is 1.95. The van der Waals surface area contributed by atoms with E-state index in [9.17, 15) is 4.79 Å². The highest BCUT2D eigenvalue weighted by atomic mass is 16.2. The molecule has 3 nitrogen and oxygen atoms in total. The fourth-order valence-electron chi connectivity index (χ4n) is 2.27. The van der Waals surface area contributed by atoms with Crippen LogP contribution in [0.2, 0.25) is 0 Å².